The summed E-state index contributed by atoms with van der Waals surface area (Å²) >= 11 is 13.9. The Morgan fingerprint density at radius 1 is 1.06 bits per heavy atom. The predicted octanol–water partition coefficient (Wildman–Crippen LogP) is 6.36. The number of thioether (sulfide) groups is 1. The minimum atomic E-state index is -4.46. The van der Waals surface area contributed by atoms with Crippen LogP contribution in [0.3, 0.4) is 0 Å². The summed E-state index contributed by atoms with van der Waals surface area (Å²) in [5.41, 5.74) is 1.55. The number of ether oxygens (including phenoxy) is 1. The number of carbonyl (C=O) groups is 1. The van der Waals surface area contributed by atoms with Crippen molar-refractivity contribution in [1.29, 1.82) is 0 Å². The Morgan fingerprint density at radius 3 is 2.34 bits per heavy atom. The molecule has 0 aliphatic heterocycles. The number of aromatic nitrogens is 2. The molecule has 4 aromatic rings. The van der Waals surface area contributed by atoms with Crippen molar-refractivity contribution in [1.82, 2.24) is 14.3 Å². The number of unbranched alkanes of at least 4 members (excludes halogenated alkanes) is 1. The summed E-state index contributed by atoms with van der Waals surface area (Å²) in [5.74, 6) is -2.44. The Balaban J connectivity index is 1.61. The van der Waals surface area contributed by atoms with Crippen LogP contribution < -0.4 is 14.6 Å². The Bertz CT molecular complexity index is 1930. The Morgan fingerprint density at radius 2 is 1.74 bits per heavy atom. The third-order valence-corrected chi connectivity index (χ3v) is 11.3. The van der Waals surface area contributed by atoms with Crippen molar-refractivity contribution in [3.8, 4) is 11.4 Å². The highest BCUT2D eigenvalue weighted by Crippen LogP contribution is 2.40. The standard InChI is InChI=1S/C35H40Cl2F2N4O5S2/c1-35(2,22-10-15-27(36)31(17-22)48-6)32-20-40-34(42(32)24-13-11-23(38)12-14-24)49-21-26-28(37)18-25(19-29(26)39)50(46,47)41-30(33(44)45)9-7-8-16-43(3,4)5/h10-15,17-20,30,41H,7-9,16,21H2,1-6H3/t30-/m1/s1. The van der Waals surface area contributed by atoms with Crippen LogP contribution in [0, 0.1) is 11.6 Å². The number of quaternary nitrogens is 1. The van der Waals surface area contributed by atoms with Crippen molar-refractivity contribution < 1.29 is 36.3 Å². The lowest BCUT2D eigenvalue weighted by Crippen LogP contribution is -2.47. The second-order valence-corrected chi connectivity index (χ2v) is 16.8. The number of benzene rings is 3. The number of carboxylic acids is 1. The zero-order valence-corrected chi connectivity index (χ0v) is 31.7. The molecule has 4 rings (SSSR count). The summed E-state index contributed by atoms with van der Waals surface area (Å²) < 4.78 is 65.9. The zero-order chi connectivity index (χ0) is 37.0. The zero-order valence-electron chi connectivity index (χ0n) is 28.6. The van der Waals surface area contributed by atoms with Gasteiger partial charge in [0.1, 0.15) is 17.4 Å². The van der Waals surface area contributed by atoms with Gasteiger partial charge < -0.3 is 19.1 Å². The maximum absolute atomic E-state index is 15.6. The van der Waals surface area contributed by atoms with Crippen LogP contribution >= 0.6 is 35.0 Å². The first-order valence-electron chi connectivity index (χ1n) is 15.7. The molecule has 0 amide bonds. The molecule has 50 heavy (non-hydrogen) atoms. The molecule has 0 bridgehead atoms. The monoisotopic (exact) mass is 768 g/mol. The second-order valence-electron chi connectivity index (χ2n) is 13.4. The Kier molecular flexibility index (Phi) is 12.7. The third kappa shape index (κ3) is 9.56. The van der Waals surface area contributed by atoms with Crippen LogP contribution in [0.2, 0.25) is 10.0 Å². The van der Waals surface area contributed by atoms with Gasteiger partial charge in [0.05, 0.1) is 68.6 Å². The summed E-state index contributed by atoms with van der Waals surface area (Å²) in [6.45, 7) is 4.75. The number of carbonyl (C=O) groups excluding carboxylic acids is 1. The van der Waals surface area contributed by atoms with E-state index in [0.717, 1.165) is 41.7 Å². The van der Waals surface area contributed by atoms with Crippen molar-refractivity contribution in [3.05, 3.63) is 99.3 Å². The van der Waals surface area contributed by atoms with Crippen LogP contribution in [0.15, 0.2) is 70.8 Å². The maximum Gasteiger partial charge on any atom is 0.241 e. The summed E-state index contributed by atoms with van der Waals surface area (Å²) in [4.78, 5) is 15.9. The smallest absolute Gasteiger partial charge is 0.241 e. The molecule has 1 aromatic heterocycles. The Hall–Kier alpha value is -3.20. The minimum Gasteiger partial charge on any atom is -0.548 e. The number of carboxylic acid groups (broad SMARTS) is 1. The van der Waals surface area contributed by atoms with Crippen molar-refractivity contribution in [2.24, 2.45) is 0 Å². The van der Waals surface area contributed by atoms with E-state index >= 15 is 4.39 Å². The summed E-state index contributed by atoms with van der Waals surface area (Å²) in [6, 6.07) is 11.7. The third-order valence-electron chi connectivity index (χ3n) is 8.25. The lowest BCUT2D eigenvalue weighted by molar-refractivity contribution is -0.870. The molecule has 0 fully saturated rings. The number of nitrogens with zero attached hydrogens (tertiary/aromatic N) is 3. The van der Waals surface area contributed by atoms with Crippen LogP contribution in [0.4, 0.5) is 8.78 Å². The van der Waals surface area contributed by atoms with E-state index in [1.165, 1.54) is 19.2 Å². The van der Waals surface area contributed by atoms with Crippen LogP contribution in [-0.2, 0) is 26.0 Å². The van der Waals surface area contributed by atoms with Crippen molar-refractivity contribution >= 4 is 51.0 Å². The molecule has 0 saturated carbocycles. The molecular formula is C35H40Cl2F2N4O5S2. The lowest BCUT2D eigenvalue weighted by Gasteiger charge is -2.28. The molecule has 3 aromatic carbocycles. The molecule has 0 radical (unpaired) electrons. The van der Waals surface area contributed by atoms with Gasteiger partial charge in [-0.2, -0.15) is 0 Å². The van der Waals surface area contributed by atoms with E-state index < -0.39 is 44.0 Å². The molecule has 0 aliphatic carbocycles. The molecule has 1 atom stereocenters. The number of methoxy groups -OCH3 is 1. The number of imidazole rings is 1. The number of aliphatic carboxylic acids is 1. The number of rotatable bonds is 16. The quantitative estimate of drug-likeness (QED) is 0.0803. The van der Waals surface area contributed by atoms with E-state index in [-0.39, 0.29) is 22.8 Å². The van der Waals surface area contributed by atoms with Gasteiger partial charge >= 0.3 is 0 Å². The highest BCUT2D eigenvalue weighted by Gasteiger charge is 2.31. The molecule has 1 N–H and O–H groups in total. The lowest BCUT2D eigenvalue weighted by atomic mass is 9.81. The van der Waals surface area contributed by atoms with Gasteiger partial charge in [0.2, 0.25) is 10.0 Å². The normalized spacial score (nSPS) is 13.0. The summed E-state index contributed by atoms with van der Waals surface area (Å²) in [6.07, 6.45) is 2.82. The molecule has 0 saturated heterocycles. The fraction of sp³-hybridized carbons (Fsp3) is 0.371. The summed E-state index contributed by atoms with van der Waals surface area (Å²) in [7, 11) is 3.06. The van der Waals surface area contributed by atoms with Gasteiger partial charge in [-0.3, -0.25) is 4.57 Å². The van der Waals surface area contributed by atoms with E-state index in [4.69, 9.17) is 27.9 Å². The molecular weight excluding hydrogens is 729 g/mol. The molecule has 1 heterocycles. The van der Waals surface area contributed by atoms with Crippen LogP contribution in [0.5, 0.6) is 5.75 Å². The van der Waals surface area contributed by atoms with Gasteiger partial charge in [-0.05, 0) is 73.4 Å². The average molecular weight is 770 g/mol. The van der Waals surface area contributed by atoms with Gasteiger partial charge in [0, 0.05) is 27.4 Å². The van der Waals surface area contributed by atoms with Crippen molar-refractivity contribution in [2.45, 2.75) is 60.4 Å². The number of halogens is 4. The van der Waals surface area contributed by atoms with Gasteiger partial charge in [0.25, 0.3) is 0 Å². The summed E-state index contributed by atoms with van der Waals surface area (Å²) in [5, 5.41) is 12.5. The van der Waals surface area contributed by atoms with E-state index in [0.29, 0.717) is 38.9 Å². The highest BCUT2D eigenvalue weighted by molar-refractivity contribution is 7.98. The topological polar surface area (TPSA) is 113 Å². The van der Waals surface area contributed by atoms with Crippen molar-refractivity contribution in [3.63, 3.8) is 0 Å². The minimum absolute atomic E-state index is 0.0115. The van der Waals surface area contributed by atoms with E-state index in [1.807, 2.05) is 51.7 Å². The molecule has 270 valence electrons. The van der Waals surface area contributed by atoms with E-state index in [9.17, 15) is 22.7 Å². The Labute approximate surface area is 306 Å². The van der Waals surface area contributed by atoms with Crippen LogP contribution in [0.25, 0.3) is 5.69 Å². The predicted molar refractivity (Wildman–Crippen MR) is 190 cm³/mol. The number of nitrogens with one attached hydrogen (secondary N) is 1. The van der Waals surface area contributed by atoms with Gasteiger partial charge in [-0.15, -0.1) is 0 Å². The first-order chi connectivity index (χ1) is 23.3. The van der Waals surface area contributed by atoms with E-state index in [1.54, 1.807) is 24.4 Å². The number of hydrogen-bond donors (Lipinski definition) is 1. The SMILES string of the molecule is COc1cc(C(C)(C)c2cnc(SCc3c(F)cc(S(=O)(=O)N[C@H](CCCC[N+](C)(C)C)C(=O)[O-])cc3Cl)n2-c2ccc(F)cc2)ccc1Cl. The second kappa shape index (κ2) is 16.0. The number of hydrogen-bond acceptors (Lipinski definition) is 7. The fourth-order valence-corrected chi connectivity index (χ4v) is 8.23. The maximum atomic E-state index is 15.6. The van der Waals surface area contributed by atoms with Gasteiger partial charge in [-0.25, -0.2) is 26.9 Å². The fourth-order valence-electron chi connectivity index (χ4n) is 5.34. The molecule has 9 nitrogen and oxygen atoms in total. The molecule has 0 unspecified atom stereocenters. The average Bonchev–Trinajstić information content (AvgIpc) is 3.46. The first-order valence-corrected chi connectivity index (χ1v) is 18.9. The van der Waals surface area contributed by atoms with E-state index in [2.05, 4.69) is 9.71 Å². The van der Waals surface area contributed by atoms with Gasteiger partial charge in [0.15, 0.2) is 5.16 Å². The first kappa shape index (κ1) is 39.6. The van der Waals surface area contributed by atoms with Crippen LogP contribution in [-0.4, -0.2) is 69.3 Å². The van der Waals surface area contributed by atoms with Gasteiger partial charge in [-0.1, -0.05) is 54.9 Å². The molecule has 0 aliphatic rings. The van der Waals surface area contributed by atoms with Crippen LogP contribution in [0.1, 0.15) is 49.9 Å². The number of sulfonamides is 1. The highest BCUT2D eigenvalue weighted by atomic mass is 35.5. The molecule has 0 spiro atoms. The largest absolute Gasteiger partial charge is 0.548 e. The van der Waals surface area contributed by atoms with Crippen molar-refractivity contribution in [2.75, 3.05) is 34.8 Å². The molecule has 15 heteroatoms.